The van der Waals surface area contributed by atoms with Crippen LogP contribution in [0.2, 0.25) is 0 Å². The molecular formula is C22H25BrOP+. The van der Waals surface area contributed by atoms with Crippen LogP contribution in [0.4, 0.5) is 0 Å². The SMILES string of the molecule is Br.COCCC[P+](c1ccccc1)(c1ccccc1)c1ccccc1. The standard InChI is InChI=1S/C22H24OP.BrH/c1-23-18-11-19-24(20-12-5-2-6-13-20,21-14-7-3-8-15-21)22-16-9-4-10-17-22;/h2-10,12-17H,11,18-19H2,1H3;1H/q+1;. The van der Waals surface area contributed by atoms with Crippen LogP contribution in [0.25, 0.3) is 0 Å². The zero-order valence-electron chi connectivity index (χ0n) is 14.5. The van der Waals surface area contributed by atoms with Gasteiger partial charge in [-0.15, -0.1) is 17.0 Å². The summed E-state index contributed by atoms with van der Waals surface area (Å²) in [6.07, 6.45) is 2.18. The summed E-state index contributed by atoms with van der Waals surface area (Å²) in [5.41, 5.74) is 0. The van der Waals surface area contributed by atoms with E-state index in [0.717, 1.165) is 19.2 Å². The quantitative estimate of drug-likeness (QED) is 0.404. The van der Waals surface area contributed by atoms with E-state index in [4.69, 9.17) is 4.74 Å². The second-order valence-electron chi connectivity index (χ2n) is 5.89. The fourth-order valence-corrected chi connectivity index (χ4v) is 7.64. The molecule has 0 saturated carbocycles. The van der Waals surface area contributed by atoms with Crippen LogP contribution in [0, 0.1) is 0 Å². The van der Waals surface area contributed by atoms with Crippen molar-refractivity contribution in [2.24, 2.45) is 0 Å². The van der Waals surface area contributed by atoms with Crippen LogP contribution >= 0.6 is 24.2 Å². The van der Waals surface area contributed by atoms with Crippen LogP contribution in [-0.2, 0) is 4.74 Å². The number of halogens is 1. The normalized spacial score (nSPS) is 10.9. The molecule has 0 spiro atoms. The van der Waals surface area contributed by atoms with Gasteiger partial charge in [-0.25, -0.2) is 0 Å². The Morgan fingerprint density at radius 3 is 1.32 bits per heavy atom. The molecule has 3 heteroatoms. The molecule has 3 rings (SSSR count). The van der Waals surface area contributed by atoms with Gasteiger partial charge in [0, 0.05) is 20.1 Å². The van der Waals surface area contributed by atoms with E-state index in [2.05, 4.69) is 91.0 Å². The van der Waals surface area contributed by atoms with Crippen LogP contribution in [0.3, 0.4) is 0 Å². The number of benzene rings is 3. The smallest absolute Gasteiger partial charge is 0.112 e. The van der Waals surface area contributed by atoms with Gasteiger partial charge in [-0.1, -0.05) is 54.6 Å². The van der Waals surface area contributed by atoms with E-state index in [1.165, 1.54) is 15.9 Å². The molecular weight excluding hydrogens is 391 g/mol. The number of rotatable bonds is 7. The Morgan fingerprint density at radius 1 is 0.640 bits per heavy atom. The van der Waals surface area contributed by atoms with Gasteiger partial charge >= 0.3 is 0 Å². The summed E-state index contributed by atoms with van der Waals surface area (Å²) in [4.78, 5) is 0. The van der Waals surface area contributed by atoms with E-state index in [0.29, 0.717) is 0 Å². The van der Waals surface area contributed by atoms with Crippen molar-refractivity contribution in [3.05, 3.63) is 91.0 Å². The molecule has 0 fully saturated rings. The average Bonchev–Trinajstić information content (AvgIpc) is 2.68. The number of hydrogen-bond acceptors (Lipinski definition) is 1. The maximum Gasteiger partial charge on any atom is 0.112 e. The van der Waals surface area contributed by atoms with Gasteiger partial charge in [-0.05, 0) is 36.4 Å². The van der Waals surface area contributed by atoms with Crippen molar-refractivity contribution in [1.29, 1.82) is 0 Å². The van der Waals surface area contributed by atoms with Crippen molar-refractivity contribution in [2.45, 2.75) is 6.42 Å². The van der Waals surface area contributed by atoms with E-state index in [1.807, 2.05) is 0 Å². The van der Waals surface area contributed by atoms with Gasteiger partial charge < -0.3 is 4.74 Å². The molecule has 3 aromatic carbocycles. The second-order valence-corrected chi connectivity index (χ2v) is 9.50. The molecule has 0 atom stereocenters. The van der Waals surface area contributed by atoms with Crippen LogP contribution < -0.4 is 15.9 Å². The van der Waals surface area contributed by atoms with Gasteiger partial charge in [0.25, 0.3) is 0 Å². The van der Waals surface area contributed by atoms with E-state index in [-0.39, 0.29) is 17.0 Å². The third-order valence-corrected chi connectivity index (χ3v) is 8.96. The van der Waals surface area contributed by atoms with Crippen molar-refractivity contribution < 1.29 is 4.74 Å². The van der Waals surface area contributed by atoms with E-state index < -0.39 is 7.26 Å². The third-order valence-electron chi connectivity index (χ3n) is 4.43. The highest BCUT2D eigenvalue weighted by Crippen LogP contribution is 2.55. The maximum absolute atomic E-state index is 5.36. The first kappa shape index (κ1) is 19.8. The van der Waals surface area contributed by atoms with E-state index in [1.54, 1.807) is 7.11 Å². The van der Waals surface area contributed by atoms with Crippen molar-refractivity contribution in [1.82, 2.24) is 0 Å². The molecule has 0 aliphatic heterocycles. The minimum Gasteiger partial charge on any atom is -0.385 e. The van der Waals surface area contributed by atoms with Gasteiger partial charge in [0.2, 0.25) is 0 Å². The summed E-state index contributed by atoms with van der Waals surface area (Å²) < 4.78 is 5.36. The van der Waals surface area contributed by atoms with Gasteiger partial charge in [-0.3, -0.25) is 0 Å². The first-order valence-electron chi connectivity index (χ1n) is 8.42. The Morgan fingerprint density at radius 2 is 1.00 bits per heavy atom. The summed E-state index contributed by atoms with van der Waals surface area (Å²) in [7, 11) is 0.122. The summed E-state index contributed by atoms with van der Waals surface area (Å²) in [5.74, 6) is 0. The van der Waals surface area contributed by atoms with Gasteiger partial charge in [-0.2, -0.15) is 0 Å². The average molecular weight is 416 g/mol. The van der Waals surface area contributed by atoms with Gasteiger partial charge in [0.05, 0.1) is 6.16 Å². The Hall–Kier alpha value is -1.47. The van der Waals surface area contributed by atoms with Crippen LogP contribution in [0.1, 0.15) is 6.42 Å². The zero-order chi connectivity index (χ0) is 16.7. The Bertz CT molecular complexity index is 635. The second kappa shape index (κ2) is 9.87. The lowest BCUT2D eigenvalue weighted by Gasteiger charge is -2.27. The zero-order valence-corrected chi connectivity index (χ0v) is 17.2. The first-order valence-corrected chi connectivity index (χ1v) is 10.4. The molecule has 0 amide bonds. The molecule has 25 heavy (non-hydrogen) atoms. The monoisotopic (exact) mass is 415 g/mol. The highest BCUT2D eigenvalue weighted by molar-refractivity contribution is 8.93. The summed E-state index contributed by atoms with van der Waals surface area (Å²) in [6, 6.07) is 33.0. The minimum atomic E-state index is -1.66. The summed E-state index contributed by atoms with van der Waals surface area (Å²) in [6.45, 7) is 0.800. The predicted octanol–water partition coefficient (Wildman–Crippen LogP) is 4.59. The van der Waals surface area contributed by atoms with Crippen molar-refractivity contribution in [3.8, 4) is 0 Å². The highest BCUT2D eigenvalue weighted by Gasteiger charge is 2.44. The molecule has 0 radical (unpaired) electrons. The molecule has 0 unspecified atom stereocenters. The molecule has 3 aromatic rings. The minimum absolute atomic E-state index is 0. The highest BCUT2D eigenvalue weighted by atomic mass is 79.9. The van der Waals surface area contributed by atoms with Crippen molar-refractivity contribution in [2.75, 3.05) is 19.9 Å². The van der Waals surface area contributed by atoms with Crippen molar-refractivity contribution >= 4 is 40.2 Å². The molecule has 0 aliphatic rings. The topological polar surface area (TPSA) is 9.23 Å². The maximum atomic E-state index is 5.36. The fraction of sp³-hybridized carbons (Fsp3) is 0.182. The third kappa shape index (κ3) is 4.39. The molecule has 0 N–H and O–H groups in total. The number of ether oxygens (including phenoxy) is 1. The lowest BCUT2D eigenvalue weighted by molar-refractivity contribution is 0.200. The number of hydrogen-bond donors (Lipinski definition) is 0. The van der Waals surface area contributed by atoms with Crippen LogP contribution in [-0.4, -0.2) is 19.9 Å². The Kier molecular flexibility index (Phi) is 7.84. The molecule has 0 aromatic heterocycles. The van der Waals surface area contributed by atoms with E-state index in [9.17, 15) is 0 Å². The van der Waals surface area contributed by atoms with Gasteiger partial charge in [0.1, 0.15) is 23.2 Å². The van der Waals surface area contributed by atoms with Gasteiger partial charge in [0.15, 0.2) is 0 Å². The molecule has 0 bridgehead atoms. The summed E-state index contributed by atoms with van der Waals surface area (Å²) in [5, 5.41) is 4.33. The summed E-state index contributed by atoms with van der Waals surface area (Å²) >= 11 is 0. The largest absolute Gasteiger partial charge is 0.385 e. The van der Waals surface area contributed by atoms with Crippen molar-refractivity contribution in [3.63, 3.8) is 0 Å². The lowest BCUT2D eigenvalue weighted by atomic mass is 10.4. The molecule has 130 valence electrons. The molecule has 1 nitrogen and oxygen atoms in total. The van der Waals surface area contributed by atoms with Crippen LogP contribution in [0.15, 0.2) is 91.0 Å². The molecule has 0 heterocycles. The lowest BCUT2D eigenvalue weighted by Crippen LogP contribution is -2.33. The first-order chi connectivity index (χ1) is 11.9. The Balaban J connectivity index is 0.00000225. The van der Waals surface area contributed by atoms with Crippen LogP contribution in [0.5, 0.6) is 0 Å². The predicted molar refractivity (Wildman–Crippen MR) is 117 cm³/mol. The molecule has 0 saturated heterocycles. The Labute approximate surface area is 162 Å². The van der Waals surface area contributed by atoms with E-state index >= 15 is 0 Å². The fourth-order valence-electron chi connectivity index (χ4n) is 3.33. The molecule has 0 aliphatic carbocycles. The number of methoxy groups -OCH3 is 1.